The molecule has 0 saturated heterocycles. The predicted octanol–water partition coefficient (Wildman–Crippen LogP) is 3.63. The monoisotopic (exact) mass is 281 g/mol. The van der Waals surface area contributed by atoms with Crippen LogP contribution in [0, 0.1) is 5.41 Å². The maximum absolute atomic E-state index is 6.14. The van der Waals surface area contributed by atoms with Gasteiger partial charge in [0.05, 0.1) is 7.11 Å². The van der Waals surface area contributed by atoms with Crippen LogP contribution in [0.2, 0.25) is 0 Å². The van der Waals surface area contributed by atoms with E-state index in [2.05, 4.69) is 17.4 Å². The zero-order chi connectivity index (χ0) is 13.6. The van der Waals surface area contributed by atoms with Crippen molar-refractivity contribution in [1.82, 2.24) is 5.32 Å². The van der Waals surface area contributed by atoms with E-state index in [0.29, 0.717) is 5.41 Å². The molecule has 0 spiro atoms. The molecule has 2 nitrogen and oxygen atoms in total. The van der Waals surface area contributed by atoms with Gasteiger partial charge in [0.25, 0.3) is 0 Å². The Bertz CT molecular complexity index is 371. The Hall–Kier alpha value is -0.730. The van der Waals surface area contributed by atoms with Crippen molar-refractivity contribution in [1.29, 1.82) is 0 Å². The van der Waals surface area contributed by atoms with Crippen molar-refractivity contribution in [2.45, 2.75) is 32.1 Å². The normalized spacial score (nSPS) is 17.6. The summed E-state index contributed by atoms with van der Waals surface area (Å²) in [5.41, 5.74) is 1.71. The highest BCUT2D eigenvalue weighted by molar-refractivity contribution is 6.18. The molecule has 1 N–H and O–H groups in total. The topological polar surface area (TPSA) is 21.3 Å². The molecular formula is C16H24ClNO. The number of halogens is 1. The van der Waals surface area contributed by atoms with Gasteiger partial charge in [0, 0.05) is 12.4 Å². The Morgan fingerprint density at radius 1 is 1.21 bits per heavy atom. The van der Waals surface area contributed by atoms with E-state index < -0.39 is 0 Å². The van der Waals surface area contributed by atoms with Crippen LogP contribution in [0.4, 0.5) is 0 Å². The highest BCUT2D eigenvalue weighted by Gasteiger charge is 2.32. The van der Waals surface area contributed by atoms with Crippen molar-refractivity contribution in [3.63, 3.8) is 0 Å². The van der Waals surface area contributed by atoms with Gasteiger partial charge in [0.1, 0.15) is 5.75 Å². The minimum atomic E-state index is 0.363. The van der Waals surface area contributed by atoms with E-state index in [9.17, 15) is 0 Å². The SMILES string of the molecule is COc1ccc(CCNCC2(CCl)CCCC2)cc1. The first-order valence-corrected chi connectivity index (χ1v) is 7.71. The molecule has 1 saturated carbocycles. The highest BCUT2D eigenvalue weighted by atomic mass is 35.5. The van der Waals surface area contributed by atoms with Gasteiger partial charge < -0.3 is 10.1 Å². The molecule has 1 aliphatic rings. The van der Waals surface area contributed by atoms with Gasteiger partial charge >= 0.3 is 0 Å². The van der Waals surface area contributed by atoms with Crippen LogP contribution in [0.5, 0.6) is 5.75 Å². The number of hydrogen-bond acceptors (Lipinski definition) is 2. The van der Waals surface area contributed by atoms with E-state index in [0.717, 1.165) is 31.1 Å². The quantitative estimate of drug-likeness (QED) is 0.609. The maximum atomic E-state index is 6.14. The molecule has 0 amide bonds. The van der Waals surface area contributed by atoms with Gasteiger partial charge in [-0.1, -0.05) is 25.0 Å². The largest absolute Gasteiger partial charge is 0.497 e. The number of ether oxygens (including phenoxy) is 1. The Balaban J connectivity index is 1.71. The van der Waals surface area contributed by atoms with Crippen LogP contribution in [0.25, 0.3) is 0 Å². The number of rotatable bonds is 7. The third kappa shape index (κ3) is 4.12. The Morgan fingerprint density at radius 3 is 2.47 bits per heavy atom. The van der Waals surface area contributed by atoms with Crippen LogP contribution in [-0.4, -0.2) is 26.1 Å². The van der Waals surface area contributed by atoms with Gasteiger partial charge in [-0.3, -0.25) is 0 Å². The Kier molecular flexibility index (Phi) is 5.53. The molecule has 1 aromatic rings. The highest BCUT2D eigenvalue weighted by Crippen LogP contribution is 2.38. The second-order valence-electron chi connectivity index (χ2n) is 5.62. The maximum Gasteiger partial charge on any atom is 0.118 e. The average Bonchev–Trinajstić information content (AvgIpc) is 2.94. The summed E-state index contributed by atoms with van der Waals surface area (Å²) in [6.07, 6.45) is 6.31. The van der Waals surface area contributed by atoms with Crippen LogP contribution >= 0.6 is 11.6 Å². The fourth-order valence-electron chi connectivity index (χ4n) is 2.86. The minimum Gasteiger partial charge on any atom is -0.497 e. The Morgan fingerprint density at radius 2 is 1.89 bits per heavy atom. The number of alkyl halides is 1. The van der Waals surface area contributed by atoms with E-state index >= 15 is 0 Å². The number of nitrogens with one attached hydrogen (secondary N) is 1. The summed E-state index contributed by atoms with van der Waals surface area (Å²) in [6, 6.07) is 8.31. The van der Waals surface area contributed by atoms with Crippen molar-refractivity contribution in [3.8, 4) is 5.75 Å². The molecule has 0 bridgehead atoms. The molecule has 0 aliphatic heterocycles. The molecule has 2 rings (SSSR count). The zero-order valence-electron chi connectivity index (χ0n) is 11.8. The lowest BCUT2D eigenvalue weighted by atomic mass is 9.88. The van der Waals surface area contributed by atoms with Gasteiger partial charge in [0.2, 0.25) is 0 Å². The average molecular weight is 282 g/mol. The van der Waals surface area contributed by atoms with Gasteiger partial charge in [-0.05, 0) is 48.9 Å². The molecule has 106 valence electrons. The molecule has 19 heavy (non-hydrogen) atoms. The van der Waals surface area contributed by atoms with Crippen LogP contribution in [0.1, 0.15) is 31.2 Å². The summed E-state index contributed by atoms with van der Waals surface area (Å²) in [7, 11) is 1.70. The van der Waals surface area contributed by atoms with Crippen LogP contribution < -0.4 is 10.1 Å². The second kappa shape index (κ2) is 7.16. The van der Waals surface area contributed by atoms with E-state index in [-0.39, 0.29) is 0 Å². The van der Waals surface area contributed by atoms with Crippen molar-refractivity contribution < 1.29 is 4.74 Å². The molecule has 0 radical (unpaired) electrons. The van der Waals surface area contributed by atoms with Crippen molar-refractivity contribution in [2.24, 2.45) is 5.41 Å². The first kappa shape index (κ1) is 14.7. The summed E-state index contributed by atoms with van der Waals surface area (Å²) in [5.74, 6) is 1.71. The first-order chi connectivity index (χ1) is 9.28. The van der Waals surface area contributed by atoms with Gasteiger partial charge in [-0.15, -0.1) is 11.6 Å². The lowest BCUT2D eigenvalue weighted by Gasteiger charge is -2.26. The molecule has 0 heterocycles. The molecule has 1 aromatic carbocycles. The first-order valence-electron chi connectivity index (χ1n) is 7.18. The van der Waals surface area contributed by atoms with E-state index in [1.54, 1.807) is 7.11 Å². The minimum absolute atomic E-state index is 0.363. The summed E-state index contributed by atoms with van der Waals surface area (Å²) >= 11 is 6.14. The fourth-order valence-corrected chi connectivity index (χ4v) is 3.22. The third-order valence-corrected chi connectivity index (χ3v) is 4.76. The molecule has 3 heteroatoms. The van der Waals surface area contributed by atoms with Crippen molar-refractivity contribution in [3.05, 3.63) is 29.8 Å². The van der Waals surface area contributed by atoms with Crippen molar-refractivity contribution >= 4 is 11.6 Å². The number of benzene rings is 1. The van der Waals surface area contributed by atoms with Crippen LogP contribution in [0.3, 0.4) is 0 Å². The third-order valence-electron chi connectivity index (χ3n) is 4.20. The summed E-state index contributed by atoms with van der Waals surface area (Å²) in [5, 5.41) is 3.58. The van der Waals surface area contributed by atoms with E-state index in [4.69, 9.17) is 16.3 Å². The van der Waals surface area contributed by atoms with Gasteiger partial charge in [-0.25, -0.2) is 0 Å². The second-order valence-corrected chi connectivity index (χ2v) is 5.88. The van der Waals surface area contributed by atoms with E-state index in [1.807, 2.05) is 12.1 Å². The molecule has 0 atom stereocenters. The lowest BCUT2D eigenvalue weighted by Crippen LogP contribution is -2.34. The molecule has 0 unspecified atom stereocenters. The van der Waals surface area contributed by atoms with Crippen LogP contribution in [-0.2, 0) is 6.42 Å². The molecule has 0 aromatic heterocycles. The van der Waals surface area contributed by atoms with Crippen LogP contribution in [0.15, 0.2) is 24.3 Å². The smallest absolute Gasteiger partial charge is 0.118 e. The molecular weight excluding hydrogens is 258 g/mol. The van der Waals surface area contributed by atoms with Crippen molar-refractivity contribution in [2.75, 3.05) is 26.1 Å². The van der Waals surface area contributed by atoms with Gasteiger partial charge in [0.15, 0.2) is 0 Å². The summed E-state index contributed by atoms with van der Waals surface area (Å²) < 4.78 is 5.16. The number of hydrogen-bond donors (Lipinski definition) is 1. The standard InChI is InChI=1S/C16H24ClNO/c1-19-15-6-4-14(5-7-15)8-11-18-13-16(12-17)9-2-3-10-16/h4-7,18H,2-3,8-13H2,1H3. The fraction of sp³-hybridized carbons (Fsp3) is 0.625. The molecule has 1 aliphatic carbocycles. The molecule has 1 fully saturated rings. The van der Waals surface area contributed by atoms with E-state index in [1.165, 1.54) is 31.2 Å². The Labute approximate surface area is 121 Å². The number of methoxy groups -OCH3 is 1. The zero-order valence-corrected chi connectivity index (χ0v) is 12.5. The lowest BCUT2D eigenvalue weighted by molar-refractivity contribution is 0.322. The van der Waals surface area contributed by atoms with Gasteiger partial charge in [-0.2, -0.15) is 0 Å². The predicted molar refractivity (Wildman–Crippen MR) is 81.2 cm³/mol. The summed E-state index contributed by atoms with van der Waals surface area (Å²) in [6.45, 7) is 2.08. The summed E-state index contributed by atoms with van der Waals surface area (Å²) in [4.78, 5) is 0.